The van der Waals surface area contributed by atoms with Gasteiger partial charge in [-0.25, -0.2) is 14.8 Å². The molecule has 3 rings (SSSR count). The number of rotatable bonds is 7. The largest absolute Gasteiger partial charge is 0.479 e. The first-order chi connectivity index (χ1) is 12.4. The molecule has 0 fully saturated rings. The van der Waals surface area contributed by atoms with Gasteiger partial charge in [0.25, 0.3) is 0 Å². The van der Waals surface area contributed by atoms with Crippen LogP contribution in [0.5, 0.6) is 0 Å². The first-order valence-electron chi connectivity index (χ1n) is 7.94. The van der Waals surface area contributed by atoms with Crippen LogP contribution >= 0.6 is 11.3 Å². The summed E-state index contributed by atoms with van der Waals surface area (Å²) in [4.78, 5) is 20.9. The van der Waals surface area contributed by atoms with Crippen molar-refractivity contribution in [2.75, 3.05) is 19.0 Å². The second kappa shape index (κ2) is 7.36. The van der Waals surface area contributed by atoms with Crippen LogP contribution in [-0.2, 0) is 16.1 Å². The van der Waals surface area contributed by atoms with E-state index in [4.69, 9.17) is 9.84 Å². The predicted octanol–water partition coefficient (Wildman–Crippen LogP) is 2.75. The SMILES string of the molecule is COCc1nc(NCC(C)(O)C(=O)O)c2c(-c3ccccc3)csc2n1. The van der Waals surface area contributed by atoms with Crippen LogP contribution in [0.2, 0.25) is 0 Å². The van der Waals surface area contributed by atoms with Gasteiger partial charge in [0.2, 0.25) is 0 Å². The first kappa shape index (κ1) is 18.2. The van der Waals surface area contributed by atoms with E-state index in [0.717, 1.165) is 21.3 Å². The summed E-state index contributed by atoms with van der Waals surface area (Å²) in [7, 11) is 1.56. The van der Waals surface area contributed by atoms with Crippen LogP contribution in [0.4, 0.5) is 5.82 Å². The Kier molecular flexibility index (Phi) is 5.17. The van der Waals surface area contributed by atoms with Gasteiger partial charge in [0.05, 0.1) is 11.9 Å². The molecule has 3 N–H and O–H groups in total. The van der Waals surface area contributed by atoms with Crippen molar-refractivity contribution >= 4 is 33.3 Å². The number of carboxylic acids is 1. The van der Waals surface area contributed by atoms with Gasteiger partial charge in [-0.3, -0.25) is 0 Å². The fraction of sp³-hybridized carbons (Fsp3) is 0.278. The van der Waals surface area contributed by atoms with E-state index in [1.807, 2.05) is 35.7 Å². The summed E-state index contributed by atoms with van der Waals surface area (Å²) < 4.78 is 5.12. The first-order valence-corrected chi connectivity index (χ1v) is 8.82. The zero-order valence-electron chi connectivity index (χ0n) is 14.4. The van der Waals surface area contributed by atoms with Crippen molar-refractivity contribution in [1.29, 1.82) is 0 Å². The van der Waals surface area contributed by atoms with Crippen molar-refractivity contribution < 1.29 is 19.7 Å². The molecule has 136 valence electrons. The smallest absolute Gasteiger partial charge is 0.337 e. The lowest BCUT2D eigenvalue weighted by Gasteiger charge is -2.19. The summed E-state index contributed by atoms with van der Waals surface area (Å²) in [6.07, 6.45) is 0. The average Bonchev–Trinajstić information content (AvgIpc) is 3.05. The van der Waals surface area contributed by atoms with E-state index in [1.165, 1.54) is 18.3 Å². The van der Waals surface area contributed by atoms with Crippen molar-refractivity contribution in [2.45, 2.75) is 19.1 Å². The number of aliphatic carboxylic acids is 1. The number of aliphatic hydroxyl groups is 1. The molecule has 1 unspecified atom stereocenters. The summed E-state index contributed by atoms with van der Waals surface area (Å²) in [5, 5.41) is 24.9. The van der Waals surface area contributed by atoms with Gasteiger partial charge in [0.1, 0.15) is 17.3 Å². The second-order valence-corrected chi connectivity index (χ2v) is 6.91. The number of carboxylic acid groups (broad SMARTS) is 1. The third-order valence-corrected chi connectivity index (χ3v) is 4.77. The van der Waals surface area contributed by atoms with E-state index >= 15 is 0 Å². The topological polar surface area (TPSA) is 105 Å². The lowest BCUT2D eigenvalue weighted by atomic mass is 10.1. The molecular formula is C18H19N3O4S. The van der Waals surface area contributed by atoms with Gasteiger partial charge in [-0.05, 0) is 12.5 Å². The summed E-state index contributed by atoms with van der Waals surface area (Å²) in [5.41, 5.74) is 0.0451. The highest BCUT2D eigenvalue weighted by Gasteiger charge is 2.30. The van der Waals surface area contributed by atoms with Crippen LogP contribution in [0.3, 0.4) is 0 Å². The molecule has 2 aromatic heterocycles. The average molecular weight is 373 g/mol. The lowest BCUT2D eigenvalue weighted by Crippen LogP contribution is -2.42. The van der Waals surface area contributed by atoms with Crippen molar-refractivity contribution in [3.8, 4) is 11.1 Å². The van der Waals surface area contributed by atoms with Crippen molar-refractivity contribution in [1.82, 2.24) is 9.97 Å². The molecule has 3 aromatic rings. The van der Waals surface area contributed by atoms with Crippen molar-refractivity contribution in [2.24, 2.45) is 0 Å². The number of ether oxygens (including phenoxy) is 1. The minimum Gasteiger partial charge on any atom is -0.479 e. The summed E-state index contributed by atoms with van der Waals surface area (Å²) in [6, 6.07) is 9.81. The van der Waals surface area contributed by atoms with E-state index in [9.17, 15) is 9.90 Å². The van der Waals surface area contributed by atoms with Gasteiger partial charge in [0.15, 0.2) is 11.4 Å². The number of fused-ring (bicyclic) bond motifs is 1. The van der Waals surface area contributed by atoms with E-state index < -0.39 is 11.6 Å². The molecule has 0 radical (unpaired) electrons. The molecule has 0 bridgehead atoms. The maximum atomic E-state index is 11.2. The minimum absolute atomic E-state index is 0.190. The number of anilines is 1. The van der Waals surface area contributed by atoms with Gasteiger partial charge >= 0.3 is 5.97 Å². The van der Waals surface area contributed by atoms with Gasteiger partial charge < -0.3 is 20.3 Å². The van der Waals surface area contributed by atoms with E-state index in [2.05, 4.69) is 15.3 Å². The summed E-state index contributed by atoms with van der Waals surface area (Å²) in [6.45, 7) is 1.28. The number of benzene rings is 1. The number of nitrogens with zero attached hydrogens (tertiary/aromatic N) is 2. The molecule has 0 saturated heterocycles. The molecule has 0 amide bonds. The fourth-order valence-electron chi connectivity index (χ4n) is 2.47. The highest BCUT2D eigenvalue weighted by atomic mass is 32.1. The molecular weight excluding hydrogens is 354 g/mol. The standard InChI is InChI=1S/C18H19N3O4S/c1-18(24,17(22)23)10-19-15-14-12(11-6-4-3-5-7-11)9-26-16(14)21-13(20-15)8-25-2/h3-7,9,24H,8,10H2,1-2H3,(H,22,23)(H,19,20,21). The Bertz CT molecular complexity index is 925. The fourth-order valence-corrected chi connectivity index (χ4v) is 3.44. The molecule has 26 heavy (non-hydrogen) atoms. The highest BCUT2D eigenvalue weighted by Crippen LogP contribution is 2.37. The lowest BCUT2D eigenvalue weighted by molar-refractivity contribution is -0.155. The van der Waals surface area contributed by atoms with Gasteiger partial charge in [-0.15, -0.1) is 11.3 Å². The molecule has 0 saturated carbocycles. The van der Waals surface area contributed by atoms with Crippen LogP contribution in [0.1, 0.15) is 12.7 Å². The van der Waals surface area contributed by atoms with Gasteiger partial charge in [0, 0.05) is 18.1 Å². The zero-order chi connectivity index (χ0) is 18.7. The van der Waals surface area contributed by atoms with Gasteiger partial charge in [-0.2, -0.15) is 0 Å². The van der Waals surface area contributed by atoms with Crippen LogP contribution in [0, 0.1) is 0 Å². The van der Waals surface area contributed by atoms with Crippen LogP contribution in [-0.4, -0.2) is 45.4 Å². The Morgan fingerprint density at radius 1 is 1.31 bits per heavy atom. The van der Waals surface area contributed by atoms with Crippen LogP contribution in [0.15, 0.2) is 35.7 Å². The Morgan fingerprint density at radius 3 is 2.69 bits per heavy atom. The molecule has 1 aromatic carbocycles. The maximum absolute atomic E-state index is 11.2. The van der Waals surface area contributed by atoms with Crippen molar-refractivity contribution in [3.05, 3.63) is 41.5 Å². The van der Waals surface area contributed by atoms with Gasteiger partial charge in [-0.1, -0.05) is 30.3 Å². The molecule has 7 nitrogen and oxygen atoms in total. The van der Waals surface area contributed by atoms with E-state index in [-0.39, 0.29) is 13.2 Å². The normalized spacial score (nSPS) is 13.5. The highest BCUT2D eigenvalue weighted by molar-refractivity contribution is 7.17. The number of aromatic nitrogens is 2. The number of hydrogen-bond donors (Lipinski definition) is 3. The number of carbonyl (C=O) groups is 1. The molecule has 0 aliphatic rings. The summed E-state index contributed by atoms with van der Waals surface area (Å²) in [5.74, 6) is -0.344. The van der Waals surface area contributed by atoms with Crippen LogP contribution in [0.25, 0.3) is 21.3 Å². The number of nitrogens with one attached hydrogen (secondary N) is 1. The molecule has 0 aliphatic heterocycles. The van der Waals surface area contributed by atoms with E-state index in [1.54, 1.807) is 7.11 Å². The summed E-state index contributed by atoms with van der Waals surface area (Å²) >= 11 is 1.48. The Morgan fingerprint density at radius 2 is 2.04 bits per heavy atom. The molecule has 0 spiro atoms. The third-order valence-electron chi connectivity index (χ3n) is 3.90. The number of thiophene rings is 1. The Hall–Kier alpha value is -2.55. The quantitative estimate of drug-likeness (QED) is 0.585. The number of hydrogen-bond acceptors (Lipinski definition) is 7. The predicted molar refractivity (Wildman–Crippen MR) is 100 cm³/mol. The zero-order valence-corrected chi connectivity index (χ0v) is 15.2. The molecule has 8 heteroatoms. The Balaban J connectivity index is 2.08. The Labute approximate surface area is 154 Å². The second-order valence-electron chi connectivity index (χ2n) is 6.05. The molecule has 0 aliphatic carbocycles. The maximum Gasteiger partial charge on any atom is 0.337 e. The molecule has 2 heterocycles. The minimum atomic E-state index is -1.92. The third kappa shape index (κ3) is 3.67. The van der Waals surface area contributed by atoms with Crippen LogP contribution < -0.4 is 5.32 Å². The monoisotopic (exact) mass is 373 g/mol. The molecule has 1 atom stereocenters. The van der Waals surface area contributed by atoms with Crippen molar-refractivity contribution in [3.63, 3.8) is 0 Å². The number of methoxy groups -OCH3 is 1. The van der Waals surface area contributed by atoms with E-state index in [0.29, 0.717) is 11.6 Å².